The van der Waals surface area contributed by atoms with Gasteiger partial charge in [-0.05, 0) is 26.0 Å². The van der Waals surface area contributed by atoms with Crippen molar-refractivity contribution in [3.8, 4) is 11.3 Å². The van der Waals surface area contributed by atoms with E-state index in [2.05, 4.69) is 15.3 Å². The van der Waals surface area contributed by atoms with Crippen molar-refractivity contribution in [2.45, 2.75) is 27.2 Å². The van der Waals surface area contributed by atoms with Crippen LogP contribution in [0.1, 0.15) is 25.2 Å². The van der Waals surface area contributed by atoms with Crippen molar-refractivity contribution in [2.75, 3.05) is 11.9 Å². The van der Waals surface area contributed by atoms with Crippen molar-refractivity contribution in [3.63, 3.8) is 0 Å². The lowest BCUT2D eigenvalue weighted by Crippen LogP contribution is -2.08. The molecule has 112 valence electrons. The number of halogens is 3. The summed E-state index contributed by atoms with van der Waals surface area (Å²) in [6, 6.07) is 2.09. The largest absolute Gasteiger partial charge is 0.370 e. The maximum atomic E-state index is 14.0. The monoisotopic (exact) mass is 295 g/mol. The predicted molar refractivity (Wildman–Crippen MR) is 75.6 cm³/mol. The van der Waals surface area contributed by atoms with Crippen molar-refractivity contribution in [1.29, 1.82) is 0 Å². The van der Waals surface area contributed by atoms with E-state index < -0.39 is 17.5 Å². The molecule has 0 aliphatic carbocycles. The van der Waals surface area contributed by atoms with Gasteiger partial charge >= 0.3 is 0 Å². The van der Waals surface area contributed by atoms with Crippen molar-refractivity contribution in [2.24, 2.45) is 0 Å². The van der Waals surface area contributed by atoms with Gasteiger partial charge in [-0.15, -0.1) is 0 Å². The van der Waals surface area contributed by atoms with E-state index in [9.17, 15) is 13.2 Å². The maximum Gasteiger partial charge on any atom is 0.195 e. The number of aromatic nitrogens is 2. The summed E-state index contributed by atoms with van der Waals surface area (Å²) in [5.41, 5.74) is 0.802. The lowest BCUT2D eigenvalue weighted by Gasteiger charge is -2.13. The van der Waals surface area contributed by atoms with Crippen molar-refractivity contribution in [1.82, 2.24) is 9.97 Å². The Morgan fingerprint density at radius 2 is 1.76 bits per heavy atom. The Kier molecular flexibility index (Phi) is 4.45. The SMILES string of the molecule is CCNc1nc(CC)nc(-c2ccc(F)c(F)c2F)c1C. The number of benzene rings is 1. The molecule has 1 aromatic carbocycles. The van der Waals surface area contributed by atoms with Crippen LogP contribution in [0.2, 0.25) is 0 Å². The first kappa shape index (κ1) is 15.3. The number of hydrogen-bond donors (Lipinski definition) is 1. The second kappa shape index (κ2) is 6.11. The highest BCUT2D eigenvalue weighted by Crippen LogP contribution is 2.30. The third-order valence-corrected chi connectivity index (χ3v) is 3.14. The first-order chi connectivity index (χ1) is 9.99. The summed E-state index contributed by atoms with van der Waals surface area (Å²) >= 11 is 0. The Morgan fingerprint density at radius 1 is 1.05 bits per heavy atom. The second-order valence-electron chi connectivity index (χ2n) is 4.57. The number of aryl methyl sites for hydroxylation is 1. The molecule has 6 heteroatoms. The molecule has 0 aliphatic heterocycles. The number of nitrogens with zero attached hydrogens (tertiary/aromatic N) is 2. The molecular weight excluding hydrogens is 279 g/mol. The first-order valence-electron chi connectivity index (χ1n) is 6.74. The van der Waals surface area contributed by atoms with E-state index in [-0.39, 0.29) is 11.3 Å². The number of rotatable bonds is 4. The minimum atomic E-state index is -1.49. The van der Waals surface area contributed by atoms with Gasteiger partial charge in [0.25, 0.3) is 0 Å². The molecule has 2 aromatic rings. The zero-order chi connectivity index (χ0) is 15.6. The van der Waals surface area contributed by atoms with Gasteiger partial charge in [0.2, 0.25) is 0 Å². The van der Waals surface area contributed by atoms with Crippen LogP contribution in [0.15, 0.2) is 12.1 Å². The van der Waals surface area contributed by atoms with E-state index in [0.717, 1.165) is 6.07 Å². The molecule has 21 heavy (non-hydrogen) atoms. The van der Waals surface area contributed by atoms with Gasteiger partial charge in [-0.3, -0.25) is 0 Å². The van der Waals surface area contributed by atoms with Crippen LogP contribution in [-0.2, 0) is 6.42 Å². The average Bonchev–Trinajstić information content (AvgIpc) is 2.48. The first-order valence-corrected chi connectivity index (χ1v) is 6.74. The van der Waals surface area contributed by atoms with Gasteiger partial charge < -0.3 is 5.32 Å². The van der Waals surface area contributed by atoms with Crippen LogP contribution >= 0.6 is 0 Å². The number of hydrogen-bond acceptors (Lipinski definition) is 3. The van der Waals surface area contributed by atoms with E-state index in [1.807, 2.05) is 13.8 Å². The molecular formula is C15H16F3N3. The van der Waals surface area contributed by atoms with Crippen molar-refractivity contribution >= 4 is 5.82 Å². The van der Waals surface area contributed by atoms with E-state index in [0.29, 0.717) is 30.2 Å². The third kappa shape index (κ3) is 2.84. The lowest BCUT2D eigenvalue weighted by atomic mass is 10.1. The summed E-state index contributed by atoms with van der Waals surface area (Å²) in [6.07, 6.45) is 0.553. The fraction of sp³-hybridized carbons (Fsp3) is 0.333. The predicted octanol–water partition coefficient (Wildman–Crippen LogP) is 3.86. The Labute approximate surface area is 121 Å². The Morgan fingerprint density at radius 3 is 2.38 bits per heavy atom. The van der Waals surface area contributed by atoms with Gasteiger partial charge in [0.1, 0.15) is 11.6 Å². The summed E-state index contributed by atoms with van der Waals surface area (Å²) in [4.78, 5) is 8.58. The minimum absolute atomic E-state index is 0.0670. The second-order valence-corrected chi connectivity index (χ2v) is 4.57. The van der Waals surface area contributed by atoms with E-state index in [1.165, 1.54) is 6.07 Å². The maximum absolute atomic E-state index is 14.0. The summed E-state index contributed by atoms with van der Waals surface area (Å²) in [6.45, 7) is 6.13. The Bertz CT molecular complexity index is 672. The van der Waals surface area contributed by atoms with Gasteiger partial charge in [-0.2, -0.15) is 0 Å². The Balaban J connectivity index is 2.68. The summed E-state index contributed by atoms with van der Waals surface area (Å²) in [5.74, 6) is -2.86. The number of nitrogens with one attached hydrogen (secondary N) is 1. The minimum Gasteiger partial charge on any atom is -0.370 e. The summed E-state index contributed by atoms with van der Waals surface area (Å²) in [7, 11) is 0. The number of anilines is 1. The molecule has 2 rings (SSSR count). The van der Waals surface area contributed by atoms with Gasteiger partial charge in [0.05, 0.1) is 5.69 Å². The molecule has 0 saturated heterocycles. The van der Waals surface area contributed by atoms with E-state index in [1.54, 1.807) is 6.92 Å². The zero-order valence-electron chi connectivity index (χ0n) is 12.1. The zero-order valence-corrected chi connectivity index (χ0v) is 12.1. The topological polar surface area (TPSA) is 37.8 Å². The van der Waals surface area contributed by atoms with Crippen molar-refractivity contribution in [3.05, 3.63) is 41.0 Å². The van der Waals surface area contributed by atoms with Crippen LogP contribution in [0.25, 0.3) is 11.3 Å². The van der Waals surface area contributed by atoms with E-state index >= 15 is 0 Å². The highest BCUT2D eigenvalue weighted by molar-refractivity contribution is 5.68. The Hall–Kier alpha value is -2.11. The van der Waals surface area contributed by atoms with Crippen LogP contribution in [-0.4, -0.2) is 16.5 Å². The van der Waals surface area contributed by atoms with Crippen LogP contribution in [0.5, 0.6) is 0 Å². The summed E-state index contributed by atoms with van der Waals surface area (Å²) in [5, 5.41) is 3.06. The molecule has 1 N–H and O–H groups in total. The molecule has 0 saturated carbocycles. The average molecular weight is 295 g/mol. The molecule has 0 atom stereocenters. The molecule has 0 radical (unpaired) electrons. The molecule has 3 nitrogen and oxygen atoms in total. The van der Waals surface area contributed by atoms with Crippen LogP contribution in [0.3, 0.4) is 0 Å². The fourth-order valence-electron chi connectivity index (χ4n) is 2.03. The molecule has 0 unspecified atom stereocenters. The fourth-order valence-corrected chi connectivity index (χ4v) is 2.03. The molecule has 1 aromatic heterocycles. The van der Waals surface area contributed by atoms with Crippen molar-refractivity contribution < 1.29 is 13.2 Å². The molecule has 1 heterocycles. The van der Waals surface area contributed by atoms with Gasteiger partial charge in [0, 0.05) is 24.1 Å². The van der Waals surface area contributed by atoms with Gasteiger partial charge in [-0.25, -0.2) is 23.1 Å². The quantitative estimate of drug-likeness (QED) is 0.870. The smallest absolute Gasteiger partial charge is 0.195 e. The molecule has 0 spiro atoms. The third-order valence-electron chi connectivity index (χ3n) is 3.14. The van der Waals surface area contributed by atoms with Crippen LogP contribution < -0.4 is 5.32 Å². The summed E-state index contributed by atoms with van der Waals surface area (Å²) < 4.78 is 40.5. The standard InChI is InChI=1S/C15H16F3N3/c1-4-11-20-14(8(3)15(21-11)19-5-2)9-6-7-10(16)13(18)12(9)17/h6-7H,4-5H2,1-3H3,(H,19,20,21). The molecule has 0 amide bonds. The van der Waals surface area contributed by atoms with E-state index in [4.69, 9.17) is 0 Å². The normalized spacial score (nSPS) is 10.8. The highest BCUT2D eigenvalue weighted by atomic mass is 19.2. The van der Waals surface area contributed by atoms with Gasteiger partial charge in [0.15, 0.2) is 17.5 Å². The molecule has 0 fully saturated rings. The van der Waals surface area contributed by atoms with Crippen LogP contribution in [0.4, 0.5) is 19.0 Å². The molecule has 0 aliphatic rings. The van der Waals surface area contributed by atoms with Gasteiger partial charge in [-0.1, -0.05) is 6.92 Å². The van der Waals surface area contributed by atoms with Crippen LogP contribution in [0, 0.1) is 24.4 Å². The lowest BCUT2D eigenvalue weighted by molar-refractivity contribution is 0.448. The highest BCUT2D eigenvalue weighted by Gasteiger charge is 2.19. The molecule has 0 bridgehead atoms.